The SMILES string of the molecule is CCCn1nccc1CNC(C)Cc1ccccc1. The average molecular weight is 257 g/mol. The van der Waals surface area contributed by atoms with Crippen molar-refractivity contribution in [3.8, 4) is 0 Å². The number of hydrogen-bond donors (Lipinski definition) is 1. The zero-order chi connectivity index (χ0) is 13.5. The van der Waals surface area contributed by atoms with Gasteiger partial charge in [0.05, 0.1) is 5.69 Å². The van der Waals surface area contributed by atoms with Crippen LogP contribution in [0.1, 0.15) is 31.5 Å². The smallest absolute Gasteiger partial charge is 0.0522 e. The first-order valence-corrected chi connectivity index (χ1v) is 7.07. The van der Waals surface area contributed by atoms with Crippen molar-refractivity contribution in [2.45, 2.75) is 45.8 Å². The van der Waals surface area contributed by atoms with Gasteiger partial charge in [0.15, 0.2) is 0 Å². The summed E-state index contributed by atoms with van der Waals surface area (Å²) in [5.74, 6) is 0. The number of benzene rings is 1. The Morgan fingerprint density at radius 3 is 2.74 bits per heavy atom. The van der Waals surface area contributed by atoms with Gasteiger partial charge in [0, 0.05) is 25.3 Å². The molecular weight excluding hydrogens is 234 g/mol. The quantitative estimate of drug-likeness (QED) is 0.826. The van der Waals surface area contributed by atoms with Gasteiger partial charge in [-0.1, -0.05) is 37.3 Å². The molecule has 0 aliphatic heterocycles. The van der Waals surface area contributed by atoms with Crippen molar-refractivity contribution >= 4 is 0 Å². The Bertz CT molecular complexity index is 476. The van der Waals surface area contributed by atoms with Crippen molar-refractivity contribution in [1.82, 2.24) is 15.1 Å². The van der Waals surface area contributed by atoms with Gasteiger partial charge in [0.1, 0.15) is 0 Å². The fourth-order valence-corrected chi connectivity index (χ4v) is 2.24. The lowest BCUT2D eigenvalue weighted by Gasteiger charge is -2.14. The molecule has 102 valence electrons. The van der Waals surface area contributed by atoms with Crippen LogP contribution in [0.2, 0.25) is 0 Å². The maximum absolute atomic E-state index is 4.34. The molecule has 0 aliphatic carbocycles. The molecule has 0 saturated carbocycles. The molecule has 2 rings (SSSR count). The highest BCUT2D eigenvalue weighted by Crippen LogP contribution is 2.05. The van der Waals surface area contributed by atoms with Crippen LogP contribution in [0.3, 0.4) is 0 Å². The van der Waals surface area contributed by atoms with E-state index in [1.807, 2.05) is 6.20 Å². The molecule has 1 atom stereocenters. The minimum absolute atomic E-state index is 0.465. The molecule has 1 N–H and O–H groups in total. The van der Waals surface area contributed by atoms with Crippen LogP contribution in [0.5, 0.6) is 0 Å². The molecule has 0 aliphatic rings. The predicted octanol–water partition coefficient (Wildman–Crippen LogP) is 3.01. The molecule has 3 nitrogen and oxygen atoms in total. The Balaban J connectivity index is 1.83. The minimum Gasteiger partial charge on any atom is -0.308 e. The van der Waals surface area contributed by atoms with Crippen LogP contribution in [0, 0.1) is 0 Å². The summed E-state index contributed by atoms with van der Waals surface area (Å²) in [5.41, 5.74) is 2.64. The summed E-state index contributed by atoms with van der Waals surface area (Å²) < 4.78 is 2.09. The van der Waals surface area contributed by atoms with Crippen molar-refractivity contribution in [2.24, 2.45) is 0 Å². The minimum atomic E-state index is 0.465. The van der Waals surface area contributed by atoms with Crippen LogP contribution in [-0.4, -0.2) is 15.8 Å². The van der Waals surface area contributed by atoms with Crippen LogP contribution in [-0.2, 0) is 19.5 Å². The molecule has 1 aromatic heterocycles. The van der Waals surface area contributed by atoms with Gasteiger partial charge in [0.25, 0.3) is 0 Å². The van der Waals surface area contributed by atoms with Crippen LogP contribution >= 0.6 is 0 Å². The molecule has 3 heteroatoms. The number of rotatable bonds is 7. The largest absolute Gasteiger partial charge is 0.308 e. The molecule has 1 heterocycles. The summed E-state index contributed by atoms with van der Waals surface area (Å²) in [4.78, 5) is 0. The van der Waals surface area contributed by atoms with Gasteiger partial charge in [-0.25, -0.2) is 0 Å². The van der Waals surface area contributed by atoms with Gasteiger partial charge >= 0.3 is 0 Å². The van der Waals surface area contributed by atoms with Gasteiger partial charge in [-0.05, 0) is 31.4 Å². The molecule has 0 spiro atoms. The van der Waals surface area contributed by atoms with E-state index in [1.54, 1.807) is 0 Å². The maximum Gasteiger partial charge on any atom is 0.0522 e. The van der Waals surface area contributed by atoms with Crippen LogP contribution in [0.25, 0.3) is 0 Å². The first kappa shape index (κ1) is 13.8. The van der Waals surface area contributed by atoms with E-state index in [0.29, 0.717) is 6.04 Å². The zero-order valence-corrected chi connectivity index (χ0v) is 11.8. The first-order valence-electron chi connectivity index (χ1n) is 7.07. The predicted molar refractivity (Wildman–Crippen MR) is 79.0 cm³/mol. The van der Waals surface area contributed by atoms with Gasteiger partial charge in [-0.15, -0.1) is 0 Å². The Morgan fingerprint density at radius 1 is 1.21 bits per heavy atom. The van der Waals surface area contributed by atoms with Crippen LogP contribution < -0.4 is 5.32 Å². The number of hydrogen-bond acceptors (Lipinski definition) is 2. The molecule has 0 radical (unpaired) electrons. The molecular formula is C16H23N3. The van der Waals surface area contributed by atoms with Gasteiger partial charge in [-0.3, -0.25) is 4.68 Å². The molecule has 1 aromatic carbocycles. The summed E-state index contributed by atoms with van der Waals surface area (Å²) in [7, 11) is 0. The van der Waals surface area contributed by atoms with E-state index < -0.39 is 0 Å². The average Bonchev–Trinajstić information content (AvgIpc) is 2.85. The van der Waals surface area contributed by atoms with E-state index in [-0.39, 0.29) is 0 Å². The van der Waals surface area contributed by atoms with E-state index in [9.17, 15) is 0 Å². The van der Waals surface area contributed by atoms with E-state index in [2.05, 4.69) is 65.3 Å². The van der Waals surface area contributed by atoms with Crippen LogP contribution in [0.4, 0.5) is 0 Å². The molecule has 19 heavy (non-hydrogen) atoms. The van der Waals surface area contributed by atoms with Crippen LogP contribution in [0.15, 0.2) is 42.6 Å². The Hall–Kier alpha value is -1.61. The summed E-state index contributed by atoms with van der Waals surface area (Å²) in [6.07, 6.45) is 4.06. The van der Waals surface area contributed by atoms with Crippen molar-refractivity contribution in [1.29, 1.82) is 0 Å². The third-order valence-electron chi connectivity index (χ3n) is 3.26. The Kier molecular flexibility index (Phi) is 5.16. The van der Waals surface area contributed by atoms with Gasteiger partial charge in [-0.2, -0.15) is 5.10 Å². The maximum atomic E-state index is 4.34. The summed E-state index contributed by atoms with van der Waals surface area (Å²) >= 11 is 0. The van der Waals surface area contributed by atoms with E-state index in [4.69, 9.17) is 0 Å². The standard InChI is InChI=1S/C16H23N3/c1-3-11-19-16(9-10-18-19)13-17-14(2)12-15-7-5-4-6-8-15/h4-10,14,17H,3,11-13H2,1-2H3. The second-order valence-electron chi connectivity index (χ2n) is 5.02. The lowest BCUT2D eigenvalue weighted by molar-refractivity contribution is 0.504. The second-order valence-corrected chi connectivity index (χ2v) is 5.02. The van der Waals surface area contributed by atoms with Crippen molar-refractivity contribution < 1.29 is 0 Å². The second kappa shape index (κ2) is 7.10. The molecule has 0 saturated heterocycles. The highest BCUT2D eigenvalue weighted by molar-refractivity contribution is 5.15. The summed E-state index contributed by atoms with van der Waals surface area (Å²) in [6.45, 7) is 6.29. The van der Waals surface area contributed by atoms with Gasteiger partial charge in [0.2, 0.25) is 0 Å². The normalized spacial score (nSPS) is 12.5. The zero-order valence-electron chi connectivity index (χ0n) is 11.8. The molecule has 0 bridgehead atoms. The topological polar surface area (TPSA) is 29.9 Å². The monoisotopic (exact) mass is 257 g/mol. The lowest BCUT2D eigenvalue weighted by Crippen LogP contribution is -2.28. The summed E-state index contributed by atoms with van der Waals surface area (Å²) in [6, 6.07) is 13.2. The first-order chi connectivity index (χ1) is 9.29. The molecule has 0 fully saturated rings. The molecule has 0 amide bonds. The Labute approximate surface area is 115 Å². The van der Waals surface area contributed by atoms with E-state index in [0.717, 1.165) is 25.9 Å². The Morgan fingerprint density at radius 2 is 2.00 bits per heavy atom. The summed E-state index contributed by atoms with van der Waals surface area (Å²) in [5, 5.41) is 7.92. The third kappa shape index (κ3) is 4.21. The number of nitrogens with zero attached hydrogens (tertiary/aromatic N) is 2. The lowest BCUT2D eigenvalue weighted by atomic mass is 10.1. The highest BCUT2D eigenvalue weighted by atomic mass is 15.3. The van der Waals surface area contributed by atoms with Crippen molar-refractivity contribution in [3.63, 3.8) is 0 Å². The molecule has 1 unspecified atom stereocenters. The van der Waals surface area contributed by atoms with E-state index >= 15 is 0 Å². The van der Waals surface area contributed by atoms with Gasteiger partial charge < -0.3 is 5.32 Å². The number of aromatic nitrogens is 2. The fourth-order valence-electron chi connectivity index (χ4n) is 2.24. The highest BCUT2D eigenvalue weighted by Gasteiger charge is 2.05. The van der Waals surface area contributed by atoms with Crippen molar-refractivity contribution in [2.75, 3.05) is 0 Å². The fraction of sp³-hybridized carbons (Fsp3) is 0.438. The van der Waals surface area contributed by atoms with Crippen molar-refractivity contribution in [3.05, 3.63) is 53.9 Å². The molecule has 2 aromatic rings. The number of nitrogens with one attached hydrogen (secondary N) is 1. The number of aryl methyl sites for hydroxylation is 1. The third-order valence-corrected chi connectivity index (χ3v) is 3.26. The van der Waals surface area contributed by atoms with E-state index in [1.165, 1.54) is 11.3 Å².